The van der Waals surface area contributed by atoms with Crippen LogP contribution in [-0.4, -0.2) is 60.4 Å². The zero-order valence-electron chi connectivity index (χ0n) is 12.9. The second-order valence-electron chi connectivity index (χ2n) is 4.21. The van der Waals surface area contributed by atoms with Crippen LogP contribution in [0, 0.1) is 0 Å². The average Bonchev–Trinajstić information content (AvgIpc) is 2.31. The van der Waals surface area contributed by atoms with Crippen molar-refractivity contribution >= 4 is 39.1 Å². The number of rotatable bonds is 8. The summed E-state index contributed by atoms with van der Waals surface area (Å²) in [5.41, 5.74) is 0. The van der Waals surface area contributed by atoms with Gasteiger partial charge in [-0.15, -0.1) is 0 Å². The van der Waals surface area contributed by atoms with E-state index in [0.29, 0.717) is 0 Å². The van der Waals surface area contributed by atoms with Crippen molar-refractivity contribution in [3.63, 3.8) is 0 Å². The van der Waals surface area contributed by atoms with Crippen molar-refractivity contribution < 1.29 is 74.3 Å². The molecule has 0 bridgehead atoms. The van der Waals surface area contributed by atoms with Gasteiger partial charge in [0.15, 0.2) is 0 Å². The van der Waals surface area contributed by atoms with E-state index in [4.69, 9.17) is 34.3 Å². The minimum Gasteiger partial charge on any atom is -0.314 e. The van der Waals surface area contributed by atoms with Gasteiger partial charge in [-0.2, -0.15) is 17.2 Å². The second-order valence-corrected chi connectivity index (χ2v) is 11.6. The number of phosphoric acid groups is 5. The summed E-state index contributed by atoms with van der Waals surface area (Å²) in [6.07, 6.45) is 0. The van der Waals surface area contributed by atoms with Crippen LogP contribution in [0.15, 0.2) is 0 Å². The maximum Gasteiger partial charge on any atom is 0.490 e. The van der Waals surface area contributed by atoms with Crippen LogP contribution < -0.4 is 10.6 Å². The fourth-order valence-corrected chi connectivity index (χ4v) is 6.58. The summed E-state index contributed by atoms with van der Waals surface area (Å²) in [6, 6.07) is 0. The lowest BCUT2D eigenvalue weighted by atomic mass is 10.4. The van der Waals surface area contributed by atoms with Crippen LogP contribution >= 0.6 is 39.1 Å². The zero-order valence-corrected chi connectivity index (χ0v) is 17.3. The lowest BCUT2D eigenvalue weighted by Gasteiger charge is -2.18. The van der Waals surface area contributed by atoms with E-state index in [2.05, 4.69) is 27.9 Å². The van der Waals surface area contributed by atoms with Crippen LogP contribution in [0.5, 0.6) is 0 Å². The van der Waals surface area contributed by atoms with E-state index >= 15 is 0 Å². The van der Waals surface area contributed by atoms with E-state index < -0.39 is 39.1 Å². The summed E-state index contributed by atoms with van der Waals surface area (Å²) in [5, 5.41) is 6.44. The van der Waals surface area contributed by atoms with Crippen molar-refractivity contribution in [1.29, 1.82) is 0 Å². The van der Waals surface area contributed by atoms with E-state index in [1.165, 1.54) is 0 Å². The summed E-state index contributed by atoms with van der Waals surface area (Å²) in [4.78, 5) is 58.7. The van der Waals surface area contributed by atoms with Gasteiger partial charge in [-0.25, -0.2) is 22.8 Å². The predicted octanol–water partition coefficient (Wildman–Crippen LogP) is -1.28. The third-order valence-electron chi connectivity index (χ3n) is 1.79. The van der Waals surface area contributed by atoms with Crippen molar-refractivity contribution in [3.8, 4) is 0 Å². The first-order valence-corrected chi connectivity index (χ1v) is 13.7. The van der Waals surface area contributed by atoms with E-state index in [0.717, 1.165) is 26.2 Å². The van der Waals surface area contributed by atoms with Crippen molar-refractivity contribution in [2.24, 2.45) is 0 Å². The molecule has 1 aliphatic heterocycles. The lowest BCUT2D eigenvalue weighted by Crippen LogP contribution is -2.39. The fraction of sp³-hybridized carbons (Fsp3) is 1.00. The van der Waals surface area contributed by atoms with E-state index in [1.807, 2.05) is 0 Å². The molecule has 0 spiro atoms. The first-order valence-electron chi connectivity index (χ1n) is 6.19. The summed E-state index contributed by atoms with van der Waals surface area (Å²) in [7, 11) is -29.3. The third-order valence-corrected chi connectivity index (χ3v) is 8.44. The molecule has 1 aliphatic rings. The molecule has 0 aromatic heterocycles. The first kappa shape index (κ1) is 27.6. The van der Waals surface area contributed by atoms with Gasteiger partial charge in [0.25, 0.3) is 0 Å². The molecule has 1 heterocycles. The van der Waals surface area contributed by atoms with Gasteiger partial charge >= 0.3 is 39.1 Å². The van der Waals surface area contributed by atoms with E-state index in [-0.39, 0.29) is 0 Å². The normalized spacial score (nSPS) is 22.5. The van der Waals surface area contributed by atoms with Crippen LogP contribution in [-0.2, 0) is 40.1 Å². The monoisotopic (exact) mass is 504 g/mol. The van der Waals surface area contributed by atoms with Gasteiger partial charge in [-0.1, -0.05) is 0 Å². The van der Waals surface area contributed by atoms with Gasteiger partial charge < -0.3 is 44.9 Å². The van der Waals surface area contributed by atoms with Crippen LogP contribution in [0.25, 0.3) is 0 Å². The molecule has 0 aliphatic carbocycles. The number of hydrogen-bond donors (Lipinski definition) is 9. The van der Waals surface area contributed by atoms with E-state index in [1.54, 1.807) is 0 Å². The summed E-state index contributed by atoms with van der Waals surface area (Å²) in [6.45, 7) is 4.56. The molecule has 1 saturated heterocycles. The topological polar surface area (TPSA) is 288 Å². The molecule has 1 fully saturated rings. The highest BCUT2D eigenvalue weighted by atomic mass is 31.3. The van der Waals surface area contributed by atoms with Gasteiger partial charge in [-0.05, 0) is 0 Å². The van der Waals surface area contributed by atoms with Crippen LogP contribution in [0.1, 0.15) is 0 Å². The van der Waals surface area contributed by atoms with Gasteiger partial charge in [0, 0.05) is 26.2 Å². The molecular formula is C4H17N2O16P5. The maximum absolute atomic E-state index is 11.0. The molecule has 0 aromatic carbocycles. The van der Waals surface area contributed by atoms with Crippen molar-refractivity contribution in [2.75, 3.05) is 26.2 Å². The van der Waals surface area contributed by atoms with Crippen molar-refractivity contribution in [3.05, 3.63) is 0 Å². The van der Waals surface area contributed by atoms with Crippen LogP contribution in [0.2, 0.25) is 0 Å². The Morgan fingerprint density at radius 3 is 0.889 bits per heavy atom. The second kappa shape index (κ2) is 10.6. The first-order chi connectivity index (χ1) is 11.8. The Morgan fingerprint density at radius 1 is 0.481 bits per heavy atom. The minimum absolute atomic E-state index is 1.14. The highest BCUT2D eigenvalue weighted by Gasteiger charge is 2.46. The Hall–Kier alpha value is 0.630. The standard InChI is InChI=1S/C4H10N2.H7O16P5/c1-2-6-4-3-5-1;1-17(2,3)13-19(7,8)15-21(11,12)16-20(9,10)14-18(4,5)6/h5-6H,1-4H2;(H,7,8)(H,9,10)(H,11,12)(H2,1,2,3)(H2,4,5,6). The maximum atomic E-state index is 11.0. The number of hydrogen-bond acceptors (Lipinski definition) is 11. The SMILES string of the molecule is C1CNCCN1.O=P(O)(O)OP(=O)(O)OP(=O)(O)OP(=O)(O)OP(=O)(O)O. The summed E-state index contributed by atoms with van der Waals surface area (Å²) < 4.78 is 65.6. The van der Waals surface area contributed by atoms with Gasteiger partial charge in [0.05, 0.1) is 0 Å². The average molecular weight is 504 g/mol. The highest BCUT2D eigenvalue weighted by Crippen LogP contribution is 2.72. The Morgan fingerprint density at radius 2 is 0.704 bits per heavy atom. The summed E-state index contributed by atoms with van der Waals surface area (Å²) in [5.74, 6) is 0. The van der Waals surface area contributed by atoms with Crippen molar-refractivity contribution in [1.82, 2.24) is 10.6 Å². The molecule has 1 rings (SSSR count). The smallest absolute Gasteiger partial charge is 0.314 e. The van der Waals surface area contributed by atoms with Crippen LogP contribution in [0.4, 0.5) is 0 Å². The Balaban J connectivity index is 0.000000941. The van der Waals surface area contributed by atoms with Gasteiger partial charge in [0.1, 0.15) is 0 Å². The van der Waals surface area contributed by atoms with Crippen LogP contribution in [0.3, 0.4) is 0 Å². The van der Waals surface area contributed by atoms with Gasteiger partial charge in [-0.3, -0.25) is 0 Å². The molecule has 27 heavy (non-hydrogen) atoms. The Labute approximate surface area is 151 Å². The molecule has 18 nitrogen and oxygen atoms in total. The summed E-state index contributed by atoms with van der Waals surface area (Å²) >= 11 is 0. The molecule has 23 heteroatoms. The van der Waals surface area contributed by atoms with E-state index in [9.17, 15) is 22.8 Å². The number of nitrogens with one attached hydrogen (secondary N) is 2. The molecule has 2 atom stereocenters. The minimum atomic E-state index is -6.07. The molecular weight excluding hydrogens is 487 g/mol. The zero-order chi connectivity index (χ0) is 21.6. The molecule has 0 radical (unpaired) electrons. The lowest BCUT2D eigenvalue weighted by molar-refractivity contribution is 0.188. The molecule has 9 N–H and O–H groups in total. The molecule has 0 saturated carbocycles. The molecule has 2 unspecified atom stereocenters. The molecule has 0 amide bonds. The van der Waals surface area contributed by atoms with Gasteiger partial charge in [0.2, 0.25) is 0 Å². The largest absolute Gasteiger partial charge is 0.490 e. The Kier molecular flexibility index (Phi) is 10.8. The number of piperazine rings is 1. The quantitative estimate of drug-likeness (QED) is 0.174. The Bertz CT molecular complexity index is 644. The highest BCUT2D eigenvalue weighted by molar-refractivity contribution is 7.71. The fourth-order valence-electron chi connectivity index (χ4n) is 1.18. The molecule has 0 aromatic rings. The molecule has 164 valence electrons. The van der Waals surface area contributed by atoms with Crippen molar-refractivity contribution in [2.45, 2.75) is 0 Å². The predicted molar refractivity (Wildman–Crippen MR) is 83.6 cm³/mol. The third kappa shape index (κ3) is 17.2.